The quantitative estimate of drug-likeness (QED) is 0.710. The van der Waals surface area contributed by atoms with E-state index in [1.807, 2.05) is 17.1 Å². The molecule has 0 unspecified atom stereocenters. The van der Waals surface area contributed by atoms with Gasteiger partial charge in [-0.2, -0.15) is 5.10 Å². The van der Waals surface area contributed by atoms with Crippen molar-refractivity contribution >= 4 is 16.9 Å². The molecule has 0 radical (unpaired) electrons. The number of piperazine rings is 1. The van der Waals surface area contributed by atoms with E-state index in [1.165, 1.54) is 0 Å². The number of hydrogen-bond acceptors (Lipinski definition) is 6. The molecule has 0 bridgehead atoms. The third-order valence-electron chi connectivity index (χ3n) is 5.24. The molecule has 28 heavy (non-hydrogen) atoms. The predicted octanol–water partition coefficient (Wildman–Crippen LogP) is 3.11. The highest BCUT2D eigenvalue weighted by Gasteiger charge is 2.14. The Balaban J connectivity index is 1.47. The van der Waals surface area contributed by atoms with E-state index in [9.17, 15) is 0 Å². The van der Waals surface area contributed by atoms with Crippen molar-refractivity contribution in [1.82, 2.24) is 29.7 Å². The summed E-state index contributed by atoms with van der Waals surface area (Å²) in [7, 11) is 2.15. The zero-order valence-corrected chi connectivity index (χ0v) is 17.0. The Hall–Kier alpha value is -2.51. The second-order valence-electron chi connectivity index (χ2n) is 8.04. The van der Waals surface area contributed by atoms with Gasteiger partial charge in [-0.15, -0.1) is 0 Å². The normalized spacial score (nSPS) is 16.1. The molecular formula is C21H29N7. The number of aromatic nitrogens is 4. The zero-order valence-electron chi connectivity index (χ0n) is 17.0. The maximum atomic E-state index is 4.68. The van der Waals surface area contributed by atoms with Crippen molar-refractivity contribution in [2.45, 2.75) is 26.8 Å². The summed E-state index contributed by atoms with van der Waals surface area (Å²) in [5, 5.41) is 7.72. The molecule has 1 aromatic carbocycles. The topological polar surface area (TPSA) is 62.1 Å². The van der Waals surface area contributed by atoms with E-state index in [2.05, 4.69) is 75.7 Å². The fourth-order valence-corrected chi connectivity index (χ4v) is 3.35. The summed E-state index contributed by atoms with van der Waals surface area (Å²) >= 11 is 0. The fourth-order valence-electron chi connectivity index (χ4n) is 3.35. The van der Waals surface area contributed by atoms with Crippen molar-refractivity contribution in [3.63, 3.8) is 0 Å². The van der Waals surface area contributed by atoms with Crippen LogP contribution in [-0.2, 0) is 6.54 Å². The molecule has 2 aromatic heterocycles. The van der Waals surface area contributed by atoms with Crippen molar-refractivity contribution in [2.24, 2.45) is 5.92 Å². The average molecular weight is 380 g/mol. The van der Waals surface area contributed by atoms with Crippen molar-refractivity contribution in [2.75, 3.05) is 38.7 Å². The number of likely N-dealkylation sites (N-methyl/N-ethyl adjacent to an activating group) is 1. The lowest BCUT2D eigenvalue weighted by Gasteiger charge is -2.32. The fraction of sp³-hybridized carbons (Fsp3) is 0.476. The molecule has 0 aliphatic carbocycles. The number of nitrogens with one attached hydrogen (secondary N) is 1. The second kappa shape index (κ2) is 8.24. The summed E-state index contributed by atoms with van der Waals surface area (Å²) in [6, 6.07) is 6.31. The van der Waals surface area contributed by atoms with E-state index in [0.29, 0.717) is 11.9 Å². The second-order valence-corrected chi connectivity index (χ2v) is 8.04. The van der Waals surface area contributed by atoms with Crippen LogP contribution in [0.3, 0.4) is 0 Å². The molecule has 1 aliphatic heterocycles. The van der Waals surface area contributed by atoms with Crippen LogP contribution in [0.1, 0.15) is 20.3 Å². The molecule has 3 aromatic rings. The maximum absolute atomic E-state index is 4.68. The molecule has 7 nitrogen and oxygen atoms in total. The van der Waals surface area contributed by atoms with Crippen LogP contribution in [-0.4, -0.2) is 62.9 Å². The van der Waals surface area contributed by atoms with Crippen LogP contribution in [0.2, 0.25) is 0 Å². The highest BCUT2D eigenvalue weighted by atomic mass is 15.5. The van der Waals surface area contributed by atoms with E-state index in [0.717, 1.165) is 61.2 Å². The van der Waals surface area contributed by atoms with Gasteiger partial charge < -0.3 is 4.90 Å². The molecule has 1 N–H and O–H groups in total. The maximum Gasteiger partial charge on any atom is 0.238 e. The summed E-state index contributed by atoms with van der Waals surface area (Å²) in [6.07, 6.45) is 7.09. The lowest BCUT2D eigenvalue weighted by atomic mass is 10.1. The Morgan fingerprint density at radius 1 is 1.07 bits per heavy atom. The zero-order chi connectivity index (χ0) is 19.5. The summed E-state index contributed by atoms with van der Waals surface area (Å²) in [5.74, 6) is 1.34. The van der Waals surface area contributed by atoms with Gasteiger partial charge >= 0.3 is 0 Å². The molecule has 3 heterocycles. The number of hydrazine groups is 1. The first-order valence-electron chi connectivity index (χ1n) is 10.1. The number of hydrogen-bond donors (Lipinski definition) is 1. The Labute approximate surface area is 166 Å². The van der Waals surface area contributed by atoms with Gasteiger partial charge in [0.15, 0.2) is 0 Å². The largest absolute Gasteiger partial charge is 0.304 e. The summed E-state index contributed by atoms with van der Waals surface area (Å²) in [5.41, 5.74) is 6.56. The molecule has 0 atom stereocenters. The highest BCUT2D eigenvalue weighted by molar-refractivity contribution is 5.84. The van der Waals surface area contributed by atoms with Gasteiger partial charge in [0.25, 0.3) is 0 Å². The molecule has 0 saturated carbocycles. The number of fused-ring (bicyclic) bond motifs is 1. The van der Waals surface area contributed by atoms with E-state index in [4.69, 9.17) is 0 Å². The minimum Gasteiger partial charge on any atom is -0.304 e. The van der Waals surface area contributed by atoms with E-state index in [1.54, 1.807) is 0 Å². The minimum absolute atomic E-state index is 0.659. The van der Waals surface area contributed by atoms with Crippen LogP contribution in [0.15, 0.2) is 36.8 Å². The van der Waals surface area contributed by atoms with Gasteiger partial charge in [-0.1, -0.05) is 19.9 Å². The van der Waals surface area contributed by atoms with E-state index < -0.39 is 0 Å². The van der Waals surface area contributed by atoms with Crippen LogP contribution >= 0.6 is 0 Å². The van der Waals surface area contributed by atoms with Gasteiger partial charge in [0.2, 0.25) is 5.95 Å². The lowest BCUT2D eigenvalue weighted by Crippen LogP contribution is -2.47. The lowest BCUT2D eigenvalue weighted by molar-refractivity contribution is 0.178. The standard InChI is InChI=1S/C21H29N7/c1-16(2)6-7-28-15-19(14-23-28)17-4-5-20-18(12-17)13-22-21(24-20)25-27-10-8-26(3)9-11-27/h4-5,12-16H,6-11H2,1-3H3,(H,22,24,25). The molecule has 7 heteroatoms. The van der Waals surface area contributed by atoms with Gasteiger partial charge in [0.05, 0.1) is 11.7 Å². The van der Waals surface area contributed by atoms with Crippen LogP contribution in [0.4, 0.5) is 5.95 Å². The third-order valence-corrected chi connectivity index (χ3v) is 5.24. The van der Waals surface area contributed by atoms with Gasteiger partial charge in [0, 0.05) is 56.1 Å². The van der Waals surface area contributed by atoms with Crippen molar-refractivity contribution < 1.29 is 0 Å². The molecule has 4 rings (SSSR count). The first kappa shape index (κ1) is 18.8. The molecule has 0 spiro atoms. The molecule has 148 valence electrons. The molecular weight excluding hydrogens is 350 g/mol. The number of aryl methyl sites for hydroxylation is 1. The number of anilines is 1. The molecule has 1 saturated heterocycles. The molecule has 0 amide bonds. The number of benzene rings is 1. The summed E-state index contributed by atoms with van der Waals surface area (Å²) < 4.78 is 2.03. The predicted molar refractivity (Wildman–Crippen MR) is 113 cm³/mol. The Morgan fingerprint density at radius 2 is 1.89 bits per heavy atom. The van der Waals surface area contributed by atoms with Crippen LogP contribution < -0.4 is 5.43 Å². The number of nitrogens with zero attached hydrogens (tertiary/aromatic N) is 6. The molecule has 1 fully saturated rings. The Bertz CT molecular complexity index is 925. The Morgan fingerprint density at radius 3 is 2.68 bits per heavy atom. The van der Waals surface area contributed by atoms with E-state index in [-0.39, 0.29) is 0 Å². The van der Waals surface area contributed by atoms with Gasteiger partial charge in [0.1, 0.15) is 0 Å². The number of rotatable bonds is 6. The molecule has 1 aliphatic rings. The smallest absolute Gasteiger partial charge is 0.238 e. The van der Waals surface area contributed by atoms with Gasteiger partial charge in [-0.05, 0) is 37.1 Å². The SMILES string of the molecule is CC(C)CCn1cc(-c2ccc3nc(NN4CCN(C)CC4)ncc3c2)cn1. The van der Waals surface area contributed by atoms with E-state index >= 15 is 0 Å². The highest BCUT2D eigenvalue weighted by Crippen LogP contribution is 2.24. The average Bonchev–Trinajstić information content (AvgIpc) is 3.17. The monoisotopic (exact) mass is 379 g/mol. The van der Waals surface area contributed by atoms with Crippen molar-refractivity contribution in [3.8, 4) is 11.1 Å². The summed E-state index contributed by atoms with van der Waals surface area (Å²) in [6.45, 7) is 9.47. The van der Waals surface area contributed by atoms with Gasteiger partial charge in [-0.3, -0.25) is 10.1 Å². The first-order valence-corrected chi connectivity index (χ1v) is 10.1. The van der Waals surface area contributed by atoms with Crippen LogP contribution in [0.25, 0.3) is 22.0 Å². The first-order chi connectivity index (χ1) is 13.6. The van der Waals surface area contributed by atoms with Crippen LogP contribution in [0, 0.1) is 5.92 Å². The van der Waals surface area contributed by atoms with Crippen molar-refractivity contribution in [3.05, 3.63) is 36.8 Å². The third kappa shape index (κ3) is 4.48. The Kier molecular flexibility index (Phi) is 5.54. The van der Waals surface area contributed by atoms with Crippen molar-refractivity contribution in [1.29, 1.82) is 0 Å². The summed E-state index contributed by atoms with van der Waals surface area (Å²) in [4.78, 5) is 11.5. The van der Waals surface area contributed by atoms with Gasteiger partial charge in [-0.25, -0.2) is 15.0 Å². The minimum atomic E-state index is 0.659. The van der Waals surface area contributed by atoms with Crippen LogP contribution in [0.5, 0.6) is 0 Å².